The topological polar surface area (TPSA) is 75.0 Å². The molecule has 1 aromatic heterocycles. The Balaban J connectivity index is 1.35. The smallest absolute Gasteiger partial charge is 0.225 e. The van der Waals surface area contributed by atoms with Crippen LogP contribution in [0.25, 0.3) is 0 Å². The molecule has 7 heteroatoms. The first kappa shape index (κ1) is 21.6. The van der Waals surface area contributed by atoms with Crippen LogP contribution in [0.5, 0.6) is 0 Å². The van der Waals surface area contributed by atoms with E-state index in [1.165, 1.54) is 5.56 Å². The van der Waals surface area contributed by atoms with Crippen molar-refractivity contribution < 1.29 is 18.7 Å². The molecule has 3 heterocycles. The van der Waals surface area contributed by atoms with Gasteiger partial charge in [-0.3, -0.25) is 14.5 Å². The molecule has 0 saturated carbocycles. The first-order valence-corrected chi connectivity index (χ1v) is 11.0. The Labute approximate surface area is 183 Å². The van der Waals surface area contributed by atoms with Gasteiger partial charge < -0.3 is 19.4 Å². The summed E-state index contributed by atoms with van der Waals surface area (Å²) in [4.78, 5) is 29.4. The van der Waals surface area contributed by atoms with Crippen molar-refractivity contribution in [1.29, 1.82) is 0 Å². The number of rotatable bonds is 7. The third-order valence-corrected chi connectivity index (χ3v) is 6.12. The van der Waals surface area contributed by atoms with E-state index in [1.54, 1.807) is 4.90 Å². The van der Waals surface area contributed by atoms with E-state index in [9.17, 15) is 9.59 Å². The number of nitrogens with one attached hydrogen (secondary N) is 1. The fourth-order valence-corrected chi connectivity index (χ4v) is 4.29. The molecule has 2 atom stereocenters. The lowest BCUT2D eigenvalue weighted by Gasteiger charge is -2.33. The molecule has 0 radical (unpaired) electrons. The van der Waals surface area contributed by atoms with Crippen molar-refractivity contribution in [2.24, 2.45) is 5.92 Å². The molecule has 0 aliphatic carbocycles. The normalized spacial score (nSPS) is 20.8. The summed E-state index contributed by atoms with van der Waals surface area (Å²) >= 11 is 0. The van der Waals surface area contributed by atoms with Crippen LogP contribution in [-0.4, -0.2) is 61.0 Å². The lowest BCUT2D eigenvalue weighted by atomic mass is 10.1. The zero-order valence-electron chi connectivity index (χ0n) is 18.3. The van der Waals surface area contributed by atoms with Gasteiger partial charge in [0.15, 0.2) is 0 Å². The van der Waals surface area contributed by atoms with Gasteiger partial charge in [-0.25, -0.2) is 0 Å². The highest BCUT2D eigenvalue weighted by Gasteiger charge is 2.35. The molecule has 0 bridgehead atoms. The SMILES string of the molecule is Cc1ccc(CN2CC(C(=O)NCC(c3ccc(C)o3)N3CCOCC3)CC2=O)cc1. The first-order chi connectivity index (χ1) is 15.0. The van der Waals surface area contributed by atoms with Gasteiger partial charge in [0.25, 0.3) is 0 Å². The summed E-state index contributed by atoms with van der Waals surface area (Å²) in [5.74, 6) is 1.35. The molecule has 0 spiro atoms. The van der Waals surface area contributed by atoms with E-state index in [0.717, 1.165) is 30.2 Å². The van der Waals surface area contributed by atoms with Crippen LogP contribution in [0.15, 0.2) is 40.8 Å². The number of aryl methyl sites for hydroxylation is 2. The maximum absolute atomic E-state index is 12.9. The molecule has 2 unspecified atom stereocenters. The van der Waals surface area contributed by atoms with Gasteiger partial charge in [0.1, 0.15) is 11.5 Å². The molecular weight excluding hydrogens is 394 g/mol. The zero-order chi connectivity index (χ0) is 21.8. The van der Waals surface area contributed by atoms with Crippen molar-refractivity contribution >= 4 is 11.8 Å². The second-order valence-electron chi connectivity index (χ2n) is 8.52. The molecular formula is C24H31N3O4. The number of ether oxygens (including phenoxy) is 1. The Hall–Kier alpha value is -2.64. The van der Waals surface area contributed by atoms with Crippen LogP contribution in [0, 0.1) is 19.8 Å². The molecule has 1 N–H and O–H groups in total. The average molecular weight is 426 g/mol. The van der Waals surface area contributed by atoms with Crippen LogP contribution in [0.4, 0.5) is 0 Å². The predicted octanol–water partition coefficient (Wildman–Crippen LogP) is 2.43. The van der Waals surface area contributed by atoms with Gasteiger partial charge in [-0.05, 0) is 31.5 Å². The molecule has 2 aliphatic heterocycles. The molecule has 7 nitrogen and oxygen atoms in total. The van der Waals surface area contributed by atoms with Gasteiger partial charge in [0.05, 0.1) is 25.2 Å². The Morgan fingerprint density at radius 1 is 1.13 bits per heavy atom. The van der Waals surface area contributed by atoms with Crippen LogP contribution in [-0.2, 0) is 20.9 Å². The second-order valence-corrected chi connectivity index (χ2v) is 8.52. The fraction of sp³-hybridized carbons (Fsp3) is 0.500. The average Bonchev–Trinajstić information content (AvgIpc) is 3.36. The number of nitrogens with zero attached hydrogens (tertiary/aromatic N) is 2. The van der Waals surface area contributed by atoms with E-state index < -0.39 is 0 Å². The van der Waals surface area contributed by atoms with Crippen molar-refractivity contribution in [3.63, 3.8) is 0 Å². The van der Waals surface area contributed by atoms with Gasteiger partial charge in [-0.15, -0.1) is 0 Å². The van der Waals surface area contributed by atoms with Crippen molar-refractivity contribution in [1.82, 2.24) is 15.1 Å². The maximum atomic E-state index is 12.9. The quantitative estimate of drug-likeness (QED) is 0.738. The third-order valence-electron chi connectivity index (χ3n) is 6.12. The monoisotopic (exact) mass is 425 g/mol. The second kappa shape index (κ2) is 9.66. The summed E-state index contributed by atoms with van der Waals surface area (Å²) in [5.41, 5.74) is 2.27. The lowest BCUT2D eigenvalue weighted by molar-refractivity contribution is -0.129. The summed E-state index contributed by atoms with van der Waals surface area (Å²) in [6, 6.07) is 12.0. The number of amides is 2. The lowest BCUT2D eigenvalue weighted by Crippen LogP contribution is -2.44. The molecule has 4 rings (SSSR count). The number of hydrogen-bond donors (Lipinski definition) is 1. The van der Waals surface area contributed by atoms with Crippen molar-refractivity contribution in [3.05, 3.63) is 59.0 Å². The van der Waals surface area contributed by atoms with E-state index in [4.69, 9.17) is 9.15 Å². The van der Waals surface area contributed by atoms with Gasteiger partial charge in [0.2, 0.25) is 11.8 Å². The molecule has 2 aliphatic rings. The van der Waals surface area contributed by atoms with Crippen LogP contribution in [0.3, 0.4) is 0 Å². The standard InChI is InChI=1S/C24H31N3O4/c1-17-3-6-19(7-4-17)15-27-16-20(13-23(27)28)24(29)25-14-21(22-8-5-18(2)31-22)26-9-11-30-12-10-26/h3-8,20-21H,9-16H2,1-2H3,(H,25,29). The number of morpholine rings is 1. The molecule has 2 aromatic rings. The van der Waals surface area contributed by atoms with Crippen molar-refractivity contribution in [3.8, 4) is 0 Å². The maximum Gasteiger partial charge on any atom is 0.225 e. The fourth-order valence-electron chi connectivity index (χ4n) is 4.29. The molecule has 2 fully saturated rings. The minimum atomic E-state index is -0.318. The number of carbonyl (C=O) groups excluding carboxylic acids is 2. The number of carbonyl (C=O) groups is 2. The highest BCUT2D eigenvalue weighted by atomic mass is 16.5. The van der Waals surface area contributed by atoms with E-state index in [-0.39, 0.29) is 30.2 Å². The van der Waals surface area contributed by atoms with Crippen molar-refractivity contribution in [2.45, 2.75) is 32.9 Å². The summed E-state index contributed by atoms with van der Waals surface area (Å²) in [6.07, 6.45) is 0.264. The predicted molar refractivity (Wildman–Crippen MR) is 116 cm³/mol. The zero-order valence-corrected chi connectivity index (χ0v) is 18.3. The number of benzene rings is 1. The molecule has 2 saturated heterocycles. The largest absolute Gasteiger partial charge is 0.465 e. The Morgan fingerprint density at radius 3 is 2.55 bits per heavy atom. The minimum Gasteiger partial charge on any atom is -0.465 e. The molecule has 1 aromatic carbocycles. The number of furan rings is 1. The highest BCUT2D eigenvalue weighted by Crippen LogP contribution is 2.25. The van der Waals surface area contributed by atoms with E-state index in [1.807, 2.05) is 50.2 Å². The van der Waals surface area contributed by atoms with Crippen LogP contribution in [0.2, 0.25) is 0 Å². The molecule has 166 valence electrons. The van der Waals surface area contributed by atoms with E-state index in [2.05, 4.69) is 10.2 Å². The first-order valence-electron chi connectivity index (χ1n) is 11.0. The van der Waals surface area contributed by atoms with Crippen LogP contribution in [0.1, 0.15) is 35.1 Å². The van der Waals surface area contributed by atoms with E-state index in [0.29, 0.717) is 32.8 Å². The number of hydrogen-bond acceptors (Lipinski definition) is 5. The van der Waals surface area contributed by atoms with Crippen LogP contribution < -0.4 is 5.32 Å². The van der Waals surface area contributed by atoms with Gasteiger partial charge in [-0.1, -0.05) is 29.8 Å². The highest BCUT2D eigenvalue weighted by molar-refractivity contribution is 5.89. The Kier molecular flexibility index (Phi) is 6.73. The molecule has 2 amide bonds. The molecule has 31 heavy (non-hydrogen) atoms. The minimum absolute atomic E-state index is 0.0344. The van der Waals surface area contributed by atoms with Gasteiger partial charge in [0, 0.05) is 39.1 Å². The Bertz CT molecular complexity index is 902. The summed E-state index contributed by atoms with van der Waals surface area (Å²) in [5, 5.41) is 3.08. The number of likely N-dealkylation sites (tertiary alicyclic amines) is 1. The van der Waals surface area contributed by atoms with Gasteiger partial charge >= 0.3 is 0 Å². The Morgan fingerprint density at radius 2 is 1.87 bits per heavy atom. The van der Waals surface area contributed by atoms with Crippen LogP contribution >= 0.6 is 0 Å². The summed E-state index contributed by atoms with van der Waals surface area (Å²) < 4.78 is 11.3. The van der Waals surface area contributed by atoms with E-state index >= 15 is 0 Å². The summed E-state index contributed by atoms with van der Waals surface area (Å²) in [7, 11) is 0. The third kappa shape index (κ3) is 5.35. The summed E-state index contributed by atoms with van der Waals surface area (Å²) in [6.45, 7) is 8.37. The van der Waals surface area contributed by atoms with Gasteiger partial charge in [-0.2, -0.15) is 0 Å². The van der Waals surface area contributed by atoms with Crippen molar-refractivity contribution in [2.75, 3.05) is 39.4 Å².